The van der Waals surface area contributed by atoms with Crippen LogP contribution in [0.25, 0.3) is 0 Å². The van der Waals surface area contributed by atoms with Crippen LogP contribution in [0.5, 0.6) is 0 Å². The highest BCUT2D eigenvalue weighted by Crippen LogP contribution is 2.19. The van der Waals surface area contributed by atoms with Crippen LogP contribution in [0.3, 0.4) is 0 Å². The summed E-state index contributed by atoms with van der Waals surface area (Å²) >= 11 is 0. The molecule has 0 unspecified atom stereocenters. The molecule has 84 valence electrons. The van der Waals surface area contributed by atoms with E-state index in [1.54, 1.807) is 0 Å². The number of rotatable bonds is 6. The van der Waals surface area contributed by atoms with Gasteiger partial charge in [0.25, 0.3) is 0 Å². The molecule has 0 heterocycles. The highest BCUT2D eigenvalue weighted by molar-refractivity contribution is 5.68. The van der Waals surface area contributed by atoms with E-state index in [4.69, 9.17) is 20.4 Å². The normalized spacial score (nSPS) is 12.9. The van der Waals surface area contributed by atoms with Crippen LogP contribution >= 0.6 is 0 Å². The van der Waals surface area contributed by atoms with Gasteiger partial charge in [0, 0.05) is 0 Å². The van der Waals surface area contributed by atoms with Gasteiger partial charge in [-0.15, -0.1) is 0 Å². The molecule has 0 saturated carbocycles. The Morgan fingerprint density at radius 1 is 1.14 bits per heavy atom. The first-order chi connectivity index (χ1) is 6.35. The van der Waals surface area contributed by atoms with Gasteiger partial charge in [0.2, 0.25) is 0 Å². The van der Waals surface area contributed by atoms with Gasteiger partial charge >= 0.3 is 5.97 Å². The summed E-state index contributed by atoms with van der Waals surface area (Å²) in [7, 11) is 3.08. The lowest BCUT2D eigenvalue weighted by molar-refractivity contribution is -0.937. The van der Waals surface area contributed by atoms with Crippen LogP contribution in [0.4, 0.5) is 0 Å². The molecule has 0 amide bonds. The van der Waals surface area contributed by atoms with Crippen LogP contribution in [0.15, 0.2) is 0 Å². The number of carbonyl (C=O) groups is 1. The van der Waals surface area contributed by atoms with Gasteiger partial charge in [0.05, 0.1) is 14.1 Å². The molecule has 0 aliphatic rings. The topological polar surface area (TPSA) is 98.0 Å². The fourth-order valence-corrected chi connectivity index (χ4v) is 1.23. The maximum absolute atomic E-state index is 10.5. The Morgan fingerprint density at radius 2 is 1.50 bits per heavy atom. The molecule has 0 aliphatic carbocycles. The summed E-state index contributed by atoms with van der Waals surface area (Å²) in [5.74, 6) is -1.05. The summed E-state index contributed by atoms with van der Waals surface area (Å²) in [5.41, 5.74) is -1.22. The number of hydrogen-bond donors (Lipinski definition) is 4. The van der Waals surface area contributed by atoms with Crippen molar-refractivity contribution in [3.05, 3.63) is 0 Å². The Labute approximate surface area is 82.6 Å². The average Bonchev–Trinajstić information content (AvgIpc) is 2.05. The van der Waals surface area contributed by atoms with Crippen LogP contribution in [0, 0.1) is 0 Å². The molecule has 0 radical (unpaired) electrons. The third-order valence-corrected chi connectivity index (χ3v) is 2.70. The summed E-state index contributed by atoms with van der Waals surface area (Å²) in [6.07, 6.45) is 0. The van der Waals surface area contributed by atoms with E-state index in [0.717, 1.165) is 0 Å². The number of aliphatic hydroxyl groups is 3. The zero-order chi connectivity index (χ0) is 11.4. The van der Waals surface area contributed by atoms with Crippen molar-refractivity contribution in [3.63, 3.8) is 0 Å². The van der Waals surface area contributed by atoms with E-state index in [1.807, 2.05) is 0 Å². The number of quaternary nitrogens is 1. The molecule has 0 aromatic carbocycles. The molecule has 0 aromatic heterocycles. The van der Waals surface area contributed by atoms with Crippen molar-refractivity contribution in [2.24, 2.45) is 0 Å². The van der Waals surface area contributed by atoms with E-state index in [2.05, 4.69) is 0 Å². The first-order valence-corrected chi connectivity index (χ1v) is 4.22. The minimum atomic E-state index is -1.22. The molecule has 0 rings (SSSR count). The number of nitrogens with zero attached hydrogens (tertiary/aromatic N) is 1. The van der Waals surface area contributed by atoms with Crippen molar-refractivity contribution in [1.29, 1.82) is 0 Å². The maximum Gasteiger partial charge on any atom is 0.359 e. The molecule has 14 heavy (non-hydrogen) atoms. The van der Waals surface area contributed by atoms with Crippen LogP contribution in [0.1, 0.15) is 0 Å². The maximum atomic E-state index is 10.5. The number of carboxylic acids is 1. The highest BCUT2D eigenvalue weighted by Gasteiger charge is 2.45. The first kappa shape index (κ1) is 13.3. The van der Waals surface area contributed by atoms with Crippen molar-refractivity contribution >= 4 is 5.97 Å². The van der Waals surface area contributed by atoms with Gasteiger partial charge < -0.3 is 24.9 Å². The zero-order valence-corrected chi connectivity index (χ0v) is 8.47. The number of aliphatic hydroxyl groups excluding tert-OH is 3. The van der Waals surface area contributed by atoms with E-state index in [0.29, 0.717) is 0 Å². The lowest BCUT2D eigenvalue weighted by atomic mass is 9.98. The second-order valence-corrected chi connectivity index (χ2v) is 3.94. The Balaban J connectivity index is 4.87. The van der Waals surface area contributed by atoms with Crippen molar-refractivity contribution in [3.8, 4) is 0 Å². The summed E-state index contributed by atoms with van der Waals surface area (Å²) in [6, 6.07) is 0. The van der Waals surface area contributed by atoms with Crippen LogP contribution in [0.2, 0.25) is 0 Å². The molecule has 0 aromatic rings. The third kappa shape index (κ3) is 2.42. The second kappa shape index (κ2) is 4.70. The molecule has 0 aliphatic heterocycles. The zero-order valence-electron chi connectivity index (χ0n) is 8.47. The van der Waals surface area contributed by atoms with Crippen molar-refractivity contribution in [2.75, 3.05) is 40.5 Å². The van der Waals surface area contributed by atoms with E-state index in [-0.39, 0.29) is 11.0 Å². The van der Waals surface area contributed by atoms with E-state index in [1.165, 1.54) is 14.1 Å². The molecule has 6 nitrogen and oxygen atoms in total. The molecular weight excluding hydrogens is 190 g/mol. The molecule has 0 spiro atoms. The summed E-state index contributed by atoms with van der Waals surface area (Å²) in [6.45, 7) is -1.69. The smallest absolute Gasteiger partial charge is 0.359 e. The Kier molecular flexibility index (Phi) is 4.47. The van der Waals surface area contributed by atoms with Crippen molar-refractivity contribution in [2.45, 2.75) is 5.54 Å². The van der Waals surface area contributed by atoms with E-state index < -0.39 is 31.3 Å². The summed E-state index contributed by atoms with van der Waals surface area (Å²) < 4.78 is -0.175. The molecule has 0 fully saturated rings. The predicted molar refractivity (Wildman–Crippen MR) is 48.6 cm³/mol. The molecule has 6 heteroatoms. The predicted octanol–water partition coefficient (Wildman–Crippen LogP) is -2.14. The van der Waals surface area contributed by atoms with Gasteiger partial charge in [-0.25, -0.2) is 4.79 Å². The molecule has 4 N–H and O–H groups in total. The lowest BCUT2D eigenvalue weighted by Crippen LogP contribution is -2.67. The van der Waals surface area contributed by atoms with E-state index in [9.17, 15) is 4.79 Å². The highest BCUT2D eigenvalue weighted by atomic mass is 16.4. The van der Waals surface area contributed by atoms with Gasteiger partial charge in [0.1, 0.15) is 19.8 Å². The molecular formula is C8H18NO5+. The van der Waals surface area contributed by atoms with Gasteiger partial charge in [-0.1, -0.05) is 0 Å². The first-order valence-electron chi connectivity index (χ1n) is 4.22. The van der Waals surface area contributed by atoms with Crippen LogP contribution in [-0.4, -0.2) is 76.9 Å². The summed E-state index contributed by atoms with van der Waals surface area (Å²) in [5, 5.41) is 35.9. The lowest BCUT2D eigenvalue weighted by Gasteiger charge is -2.44. The molecule has 0 saturated heterocycles. The minimum absolute atomic E-state index is 0.175. The average molecular weight is 208 g/mol. The SMILES string of the molecule is C[N+](C)(CC(=O)O)C(CO)(CO)CO. The van der Waals surface area contributed by atoms with Gasteiger partial charge in [-0.2, -0.15) is 0 Å². The largest absolute Gasteiger partial charge is 0.477 e. The number of aliphatic carboxylic acids is 1. The van der Waals surface area contributed by atoms with Gasteiger partial charge in [-0.05, 0) is 0 Å². The number of hydrogen-bond acceptors (Lipinski definition) is 4. The fourth-order valence-electron chi connectivity index (χ4n) is 1.23. The van der Waals surface area contributed by atoms with E-state index >= 15 is 0 Å². The second-order valence-electron chi connectivity index (χ2n) is 3.94. The van der Waals surface area contributed by atoms with Gasteiger partial charge in [0.15, 0.2) is 12.1 Å². The molecule has 0 atom stereocenters. The number of carboxylic acid groups (broad SMARTS) is 1. The Bertz CT molecular complexity index is 192. The minimum Gasteiger partial charge on any atom is -0.477 e. The van der Waals surface area contributed by atoms with Crippen molar-refractivity contribution < 1.29 is 29.7 Å². The monoisotopic (exact) mass is 208 g/mol. The Hall–Kier alpha value is -0.690. The standard InChI is InChI=1S/C8H17NO5/c1-9(2,3-7(13)14)8(4-10,5-11)6-12/h10-12H,3-6H2,1-2H3/p+1. The third-order valence-electron chi connectivity index (χ3n) is 2.70. The van der Waals surface area contributed by atoms with Crippen LogP contribution < -0.4 is 0 Å². The Morgan fingerprint density at radius 3 is 1.71 bits per heavy atom. The number of likely N-dealkylation sites (N-methyl/N-ethyl adjacent to an activating group) is 1. The van der Waals surface area contributed by atoms with Gasteiger partial charge in [-0.3, -0.25) is 0 Å². The fraction of sp³-hybridized carbons (Fsp3) is 0.875. The summed E-state index contributed by atoms with van der Waals surface area (Å²) in [4.78, 5) is 10.5. The quantitative estimate of drug-likeness (QED) is 0.374. The van der Waals surface area contributed by atoms with Crippen LogP contribution in [-0.2, 0) is 4.79 Å². The van der Waals surface area contributed by atoms with Crippen molar-refractivity contribution in [1.82, 2.24) is 0 Å². The molecule has 0 bridgehead atoms.